The zero-order chi connectivity index (χ0) is 15.1. The first-order valence-electron chi connectivity index (χ1n) is 9.03. The van der Waals surface area contributed by atoms with E-state index >= 15 is 0 Å². The van der Waals surface area contributed by atoms with Crippen LogP contribution < -0.4 is 0 Å². The molecule has 0 N–H and O–H groups in total. The lowest BCUT2D eigenvalue weighted by molar-refractivity contribution is -0.922. The van der Waals surface area contributed by atoms with Crippen molar-refractivity contribution in [3.63, 3.8) is 0 Å². The van der Waals surface area contributed by atoms with Gasteiger partial charge in [-0.1, -0.05) is 59.3 Å². The van der Waals surface area contributed by atoms with Gasteiger partial charge in [-0.3, -0.25) is 0 Å². The Morgan fingerprint density at radius 3 is 1.60 bits per heavy atom. The molecule has 118 valence electrons. The number of terminal acetylenes is 1. The van der Waals surface area contributed by atoms with Gasteiger partial charge in [-0.05, 0) is 31.6 Å². The molecule has 0 fully saturated rings. The van der Waals surface area contributed by atoms with Gasteiger partial charge in [0.2, 0.25) is 0 Å². The van der Waals surface area contributed by atoms with Gasteiger partial charge in [0, 0.05) is 0 Å². The summed E-state index contributed by atoms with van der Waals surface area (Å²) in [5.74, 6) is 2.96. The summed E-state index contributed by atoms with van der Waals surface area (Å²) >= 11 is 0. The lowest BCUT2D eigenvalue weighted by Gasteiger charge is -2.37. The molecule has 0 aliphatic carbocycles. The van der Waals surface area contributed by atoms with Crippen LogP contribution in [-0.4, -0.2) is 30.7 Å². The molecular formula is C19H38N+. The molecule has 0 aliphatic heterocycles. The Morgan fingerprint density at radius 1 is 0.650 bits per heavy atom. The van der Waals surface area contributed by atoms with E-state index in [0.717, 1.165) is 6.54 Å². The third-order valence-corrected chi connectivity index (χ3v) is 4.38. The van der Waals surface area contributed by atoms with Gasteiger partial charge < -0.3 is 4.48 Å². The number of hydrogen-bond donors (Lipinski definition) is 0. The smallest absolute Gasteiger partial charge is 0.140 e. The van der Waals surface area contributed by atoms with Gasteiger partial charge in [0.05, 0.1) is 19.6 Å². The van der Waals surface area contributed by atoms with Crippen LogP contribution in [0.4, 0.5) is 0 Å². The maximum absolute atomic E-state index is 5.66. The van der Waals surface area contributed by atoms with Crippen molar-refractivity contribution in [3.05, 3.63) is 0 Å². The zero-order valence-electron chi connectivity index (χ0n) is 14.4. The van der Waals surface area contributed by atoms with E-state index in [2.05, 4.69) is 26.7 Å². The van der Waals surface area contributed by atoms with Gasteiger partial charge in [0.1, 0.15) is 6.54 Å². The number of hydrogen-bond acceptors (Lipinski definition) is 0. The van der Waals surface area contributed by atoms with Crippen LogP contribution in [0.25, 0.3) is 0 Å². The van der Waals surface area contributed by atoms with E-state index in [0.29, 0.717) is 0 Å². The number of nitrogens with zero attached hydrogens (tertiary/aromatic N) is 1. The summed E-state index contributed by atoms with van der Waals surface area (Å²) in [6.07, 6.45) is 19.2. The third kappa shape index (κ3) is 9.43. The molecule has 0 spiro atoms. The molecule has 0 atom stereocenters. The molecule has 0 aromatic heterocycles. The number of rotatable bonds is 14. The molecule has 1 nitrogen and oxygen atoms in total. The second-order valence-electron chi connectivity index (χ2n) is 6.35. The highest BCUT2D eigenvalue weighted by atomic mass is 15.3. The predicted molar refractivity (Wildman–Crippen MR) is 91.8 cm³/mol. The Labute approximate surface area is 128 Å². The molecule has 0 heterocycles. The Hall–Kier alpha value is -0.480. The van der Waals surface area contributed by atoms with E-state index in [1.165, 1.54) is 88.3 Å². The first-order valence-corrected chi connectivity index (χ1v) is 9.03. The topological polar surface area (TPSA) is 0 Å². The first kappa shape index (κ1) is 19.5. The molecule has 1 heteroatoms. The lowest BCUT2D eigenvalue weighted by Crippen LogP contribution is -2.50. The fourth-order valence-corrected chi connectivity index (χ4v) is 2.98. The molecule has 0 unspecified atom stereocenters. The summed E-state index contributed by atoms with van der Waals surface area (Å²) in [5, 5.41) is 0. The van der Waals surface area contributed by atoms with Crippen molar-refractivity contribution in [2.45, 2.75) is 85.0 Å². The fourth-order valence-electron chi connectivity index (χ4n) is 2.98. The summed E-state index contributed by atoms with van der Waals surface area (Å²) in [6.45, 7) is 11.7. The largest absolute Gasteiger partial charge is 0.314 e. The normalized spacial score (nSPS) is 11.5. The maximum atomic E-state index is 5.66. The number of unbranched alkanes of at least 4 members (excludes halogenated alkanes) is 7. The molecular weight excluding hydrogens is 242 g/mol. The average molecular weight is 281 g/mol. The molecule has 0 aliphatic rings. The van der Waals surface area contributed by atoms with Gasteiger partial charge in [-0.15, -0.1) is 6.42 Å². The van der Waals surface area contributed by atoms with Crippen molar-refractivity contribution >= 4 is 0 Å². The standard InChI is InChI=1S/C19H38N/c1-5-9-12-13-14-15-19-20(16-8-4,17-10-6-2)18-11-7-3/h4H,5-7,9-19H2,1-3H3/q+1. The molecule has 0 amide bonds. The SMILES string of the molecule is C#CC[N+](CCCC)(CCCC)CCCCCCCC. The van der Waals surface area contributed by atoms with Crippen molar-refractivity contribution in [3.8, 4) is 12.3 Å². The third-order valence-electron chi connectivity index (χ3n) is 4.38. The minimum Gasteiger partial charge on any atom is -0.314 e. The van der Waals surface area contributed by atoms with Crippen molar-refractivity contribution in [2.24, 2.45) is 0 Å². The summed E-state index contributed by atoms with van der Waals surface area (Å²) in [5.41, 5.74) is 0. The molecule has 0 bridgehead atoms. The summed E-state index contributed by atoms with van der Waals surface area (Å²) < 4.78 is 1.19. The quantitative estimate of drug-likeness (QED) is 0.227. The highest BCUT2D eigenvalue weighted by Crippen LogP contribution is 2.15. The Bertz CT molecular complexity index is 231. The van der Waals surface area contributed by atoms with Crippen LogP contribution in [0.5, 0.6) is 0 Å². The van der Waals surface area contributed by atoms with Gasteiger partial charge in [0.15, 0.2) is 0 Å². The zero-order valence-corrected chi connectivity index (χ0v) is 14.4. The molecule has 0 radical (unpaired) electrons. The van der Waals surface area contributed by atoms with Crippen molar-refractivity contribution < 1.29 is 4.48 Å². The summed E-state index contributed by atoms with van der Waals surface area (Å²) in [6, 6.07) is 0. The highest BCUT2D eigenvalue weighted by Gasteiger charge is 2.24. The van der Waals surface area contributed by atoms with Crippen LogP contribution in [0.2, 0.25) is 0 Å². The van der Waals surface area contributed by atoms with Crippen LogP contribution >= 0.6 is 0 Å². The van der Waals surface area contributed by atoms with Crippen LogP contribution in [0.15, 0.2) is 0 Å². The monoisotopic (exact) mass is 280 g/mol. The van der Waals surface area contributed by atoms with Crippen molar-refractivity contribution in [1.29, 1.82) is 0 Å². The first-order chi connectivity index (χ1) is 9.74. The van der Waals surface area contributed by atoms with Crippen LogP contribution in [0.3, 0.4) is 0 Å². The summed E-state index contributed by atoms with van der Waals surface area (Å²) in [7, 11) is 0. The molecule has 20 heavy (non-hydrogen) atoms. The van der Waals surface area contributed by atoms with Crippen molar-refractivity contribution in [1.82, 2.24) is 0 Å². The van der Waals surface area contributed by atoms with E-state index in [1.54, 1.807) is 0 Å². The molecule has 0 aromatic carbocycles. The molecule has 0 rings (SSSR count). The molecule has 0 aromatic rings. The van der Waals surface area contributed by atoms with Gasteiger partial charge in [-0.25, -0.2) is 0 Å². The van der Waals surface area contributed by atoms with Crippen molar-refractivity contribution in [2.75, 3.05) is 26.2 Å². The van der Waals surface area contributed by atoms with Gasteiger partial charge >= 0.3 is 0 Å². The second-order valence-corrected chi connectivity index (χ2v) is 6.35. The fraction of sp³-hybridized carbons (Fsp3) is 0.895. The Kier molecular flexibility index (Phi) is 13.2. The van der Waals surface area contributed by atoms with E-state index in [9.17, 15) is 0 Å². The number of quaternary nitrogens is 1. The Morgan fingerprint density at radius 2 is 1.10 bits per heavy atom. The van der Waals surface area contributed by atoms with Crippen LogP contribution in [0, 0.1) is 12.3 Å². The second kappa shape index (κ2) is 13.5. The summed E-state index contributed by atoms with van der Waals surface area (Å²) in [4.78, 5) is 0. The average Bonchev–Trinajstić information content (AvgIpc) is 2.46. The van der Waals surface area contributed by atoms with E-state index < -0.39 is 0 Å². The predicted octanol–water partition coefficient (Wildman–Crippen LogP) is 5.40. The Balaban J connectivity index is 4.21. The van der Waals surface area contributed by atoms with Gasteiger partial charge in [-0.2, -0.15) is 0 Å². The molecule has 0 saturated heterocycles. The minimum absolute atomic E-state index is 0.939. The van der Waals surface area contributed by atoms with E-state index in [-0.39, 0.29) is 0 Å². The maximum Gasteiger partial charge on any atom is 0.140 e. The minimum atomic E-state index is 0.939. The van der Waals surface area contributed by atoms with E-state index in [1.807, 2.05) is 0 Å². The highest BCUT2D eigenvalue weighted by molar-refractivity contribution is 4.84. The van der Waals surface area contributed by atoms with Gasteiger partial charge in [0.25, 0.3) is 0 Å². The van der Waals surface area contributed by atoms with Crippen LogP contribution in [0.1, 0.15) is 85.0 Å². The lowest BCUT2D eigenvalue weighted by atomic mass is 10.1. The van der Waals surface area contributed by atoms with E-state index in [4.69, 9.17) is 6.42 Å². The van der Waals surface area contributed by atoms with Crippen LogP contribution in [-0.2, 0) is 0 Å². The molecule has 0 saturated carbocycles.